The van der Waals surface area contributed by atoms with Gasteiger partial charge < -0.3 is 10.1 Å². The molecule has 1 aromatic heterocycles. The molecule has 98 valence electrons. The van der Waals surface area contributed by atoms with Crippen molar-refractivity contribution in [2.75, 3.05) is 18.5 Å². The molecule has 18 heavy (non-hydrogen) atoms. The fraction of sp³-hybridized carbons (Fsp3) is 0.455. The Morgan fingerprint density at radius 3 is 2.83 bits per heavy atom. The number of ether oxygens (including phenoxy) is 1. The van der Waals surface area contributed by atoms with E-state index in [1.807, 2.05) is 6.92 Å². The van der Waals surface area contributed by atoms with Crippen LogP contribution in [0.1, 0.15) is 19.2 Å². The van der Waals surface area contributed by atoms with Gasteiger partial charge in [0.2, 0.25) is 5.82 Å². The molecule has 1 aromatic rings. The average molecular weight is 252 g/mol. The van der Waals surface area contributed by atoms with Crippen molar-refractivity contribution in [1.82, 2.24) is 9.97 Å². The van der Waals surface area contributed by atoms with E-state index in [0.717, 1.165) is 6.42 Å². The van der Waals surface area contributed by atoms with Crippen molar-refractivity contribution in [2.24, 2.45) is 0 Å². The van der Waals surface area contributed by atoms with E-state index >= 15 is 0 Å². The lowest BCUT2D eigenvalue weighted by Crippen LogP contribution is -2.10. The van der Waals surface area contributed by atoms with Gasteiger partial charge in [-0.1, -0.05) is 13.0 Å². The number of hydrogen-bond acceptors (Lipinski definition) is 6. The van der Waals surface area contributed by atoms with Gasteiger partial charge in [0.25, 0.3) is 5.88 Å². The third-order valence-electron chi connectivity index (χ3n) is 2.00. The van der Waals surface area contributed by atoms with E-state index in [0.29, 0.717) is 19.0 Å². The maximum Gasteiger partial charge on any atom is 0.372 e. The van der Waals surface area contributed by atoms with Gasteiger partial charge in [0.05, 0.1) is 11.5 Å². The lowest BCUT2D eigenvalue weighted by Gasteiger charge is -2.09. The summed E-state index contributed by atoms with van der Waals surface area (Å²) in [6.07, 6.45) is 2.34. The molecule has 0 aliphatic heterocycles. The van der Waals surface area contributed by atoms with Gasteiger partial charge in [0.1, 0.15) is 5.82 Å². The van der Waals surface area contributed by atoms with Crippen molar-refractivity contribution in [1.29, 1.82) is 0 Å². The summed E-state index contributed by atoms with van der Waals surface area (Å²) >= 11 is 0. The van der Waals surface area contributed by atoms with Crippen molar-refractivity contribution >= 4 is 11.5 Å². The van der Waals surface area contributed by atoms with E-state index in [-0.39, 0.29) is 17.4 Å². The quantitative estimate of drug-likeness (QED) is 0.454. The van der Waals surface area contributed by atoms with Crippen LogP contribution in [0.25, 0.3) is 0 Å². The molecule has 1 heterocycles. The van der Waals surface area contributed by atoms with Gasteiger partial charge in [-0.3, -0.25) is 10.1 Å². The second-order valence-electron chi connectivity index (χ2n) is 3.55. The second kappa shape index (κ2) is 6.53. The Bertz CT molecular complexity index is 448. The van der Waals surface area contributed by atoms with Crippen LogP contribution in [-0.2, 0) is 0 Å². The molecule has 0 aliphatic rings. The van der Waals surface area contributed by atoms with Gasteiger partial charge in [0.15, 0.2) is 0 Å². The number of rotatable bonds is 7. The zero-order chi connectivity index (χ0) is 13.5. The topological polar surface area (TPSA) is 90.2 Å². The molecule has 0 unspecified atom stereocenters. The summed E-state index contributed by atoms with van der Waals surface area (Å²) in [6.45, 7) is 7.86. The number of hydrogen-bond donors (Lipinski definition) is 1. The van der Waals surface area contributed by atoms with Crippen LogP contribution in [0.2, 0.25) is 0 Å². The number of nitrogens with zero attached hydrogens (tertiary/aromatic N) is 3. The fourth-order valence-electron chi connectivity index (χ4n) is 1.30. The van der Waals surface area contributed by atoms with Crippen molar-refractivity contribution in [3.8, 4) is 5.88 Å². The van der Waals surface area contributed by atoms with Crippen LogP contribution in [-0.4, -0.2) is 28.0 Å². The van der Waals surface area contributed by atoms with Crippen molar-refractivity contribution in [2.45, 2.75) is 20.3 Å². The van der Waals surface area contributed by atoms with Crippen LogP contribution < -0.4 is 10.1 Å². The zero-order valence-electron chi connectivity index (χ0n) is 10.5. The molecular formula is C11H16N4O3. The van der Waals surface area contributed by atoms with Gasteiger partial charge in [-0.05, 0) is 13.3 Å². The van der Waals surface area contributed by atoms with Crippen LogP contribution in [0.4, 0.5) is 11.5 Å². The van der Waals surface area contributed by atoms with Gasteiger partial charge >= 0.3 is 5.69 Å². The highest BCUT2D eigenvalue weighted by atomic mass is 16.6. The first-order valence-electron chi connectivity index (χ1n) is 5.60. The Balaban J connectivity index is 3.17. The zero-order valence-corrected chi connectivity index (χ0v) is 10.5. The van der Waals surface area contributed by atoms with Gasteiger partial charge in [0, 0.05) is 6.54 Å². The third-order valence-corrected chi connectivity index (χ3v) is 2.00. The molecule has 0 bridgehead atoms. The molecule has 1 rings (SSSR count). The molecule has 0 atom stereocenters. The lowest BCUT2D eigenvalue weighted by molar-refractivity contribution is -0.385. The maximum absolute atomic E-state index is 11.1. The van der Waals surface area contributed by atoms with Crippen LogP contribution >= 0.6 is 0 Å². The lowest BCUT2D eigenvalue weighted by atomic mass is 10.4. The predicted octanol–water partition coefficient (Wildman–Crippen LogP) is 2.08. The summed E-state index contributed by atoms with van der Waals surface area (Å²) in [4.78, 5) is 18.5. The first kappa shape index (κ1) is 13.9. The van der Waals surface area contributed by atoms with E-state index in [1.54, 1.807) is 13.0 Å². The highest BCUT2D eigenvalue weighted by molar-refractivity contribution is 5.61. The third kappa shape index (κ3) is 3.41. The number of aromatic nitrogens is 2. The van der Waals surface area contributed by atoms with E-state index in [2.05, 4.69) is 21.9 Å². The summed E-state index contributed by atoms with van der Waals surface area (Å²) in [5.41, 5.74) is -0.240. The molecule has 0 amide bonds. The summed E-state index contributed by atoms with van der Waals surface area (Å²) < 4.78 is 5.29. The van der Waals surface area contributed by atoms with Crippen LogP contribution in [0.3, 0.4) is 0 Å². The first-order valence-corrected chi connectivity index (χ1v) is 5.60. The Morgan fingerprint density at radius 2 is 2.28 bits per heavy atom. The average Bonchev–Trinajstić information content (AvgIpc) is 2.32. The smallest absolute Gasteiger partial charge is 0.372 e. The van der Waals surface area contributed by atoms with Crippen molar-refractivity contribution in [3.05, 3.63) is 28.6 Å². The van der Waals surface area contributed by atoms with E-state index in [1.165, 1.54) is 0 Å². The van der Waals surface area contributed by atoms with Crippen LogP contribution in [0.5, 0.6) is 5.88 Å². The second-order valence-corrected chi connectivity index (χ2v) is 3.55. The highest BCUT2D eigenvalue weighted by Gasteiger charge is 2.25. The molecule has 0 aromatic carbocycles. The predicted molar refractivity (Wildman–Crippen MR) is 67.9 cm³/mol. The Morgan fingerprint density at radius 1 is 1.56 bits per heavy atom. The summed E-state index contributed by atoms with van der Waals surface area (Å²) in [5, 5.41) is 13.9. The minimum atomic E-state index is -0.546. The Labute approximate surface area is 105 Å². The largest absolute Gasteiger partial charge is 0.473 e. The molecular weight excluding hydrogens is 236 g/mol. The SMILES string of the molecule is C=CCNc1nc(C)nc(OCCC)c1[N+](=O)[O-]. The number of nitrogens with one attached hydrogen (secondary N) is 1. The molecule has 7 heteroatoms. The molecule has 0 spiro atoms. The summed E-state index contributed by atoms with van der Waals surface area (Å²) in [5.74, 6) is 0.567. The van der Waals surface area contributed by atoms with Crippen LogP contribution in [0, 0.1) is 17.0 Å². The minimum absolute atomic E-state index is 0.000845. The van der Waals surface area contributed by atoms with Gasteiger partial charge in [-0.2, -0.15) is 4.98 Å². The van der Waals surface area contributed by atoms with E-state index in [4.69, 9.17) is 4.74 Å². The molecule has 1 N–H and O–H groups in total. The molecule has 0 radical (unpaired) electrons. The first-order chi connectivity index (χ1) is 8.60. The summed E-state index contributed by atoms with van der Waals surface area (Å²) in [6, 6.07) is 0. The van der Waals surface area contributed by atoms with Crippen molar-refractivity contribution < 1.29 is 9.66 Å². The summed E-state index contributed by atoms with van der Waals surface area (Å²) in [7, 11) is 0. The van der Waals surface area contributed by atoms with E-state index in [9.17, 15) is 10.1 Å². The molecule has 0 saturated heterocycles. The highest BCUT2D eigenvalue weighted by Crippen LogP contribution is 2.31. The standard InChI is InChI=1S/C11H16N4O3/c1-4-6-12-10-9(15(16)17)11(18-7-5-2)14-8(3)13-10/h4H,1,5-7H2,2-3H3,(H,12,13,14). The molecule has 0 aliphatic carbocycles. The Kier molecular flexibility index (Phi) is 5.04. The van der Waals surface area contributed by atoms with Crippen LogP contribution in [0.15, 0.2) is 12.7 Å². The molecule has 0 saturated carbocycles. The monoisotopic (exact) mass is 252 g/mol. The fourth-order valence-corrected chi connectivity index (χ4v) is 1.30. The number of anilines is 1. The maximum atomic E-state index is 11.1. The van der Waals surface area contributed by atoms with Gasteiger partial charge in [-0.15, -0.1) is 6.58 Å². The van der Waals surface area contributed by atoms with Gasteiger partial charge in [-0.25, -0.2) is 4.98 Å². The molecule has 0 fully saturated rings. The normalized spacial score (nSPS) is 9.89. The van der Waals surface area contributed by atoms with E-state index < -0.39 is 4.92 Å². The number of aryl methyl sites for hydroxylation is 1. The Hall–Kier alpha value is -2.18. The molecule has 7 nitrogen and oxygen atoms in total. The minimum Gasteiger partial charge on any atom is -0.473 e. The number of nitro groups is 1. The van der Waals surface area contributed by atoms with Crippen molar-refractivity contribution in [3.63, 3.8) is 0 Å².